The molecular formula is C14H22N4O2S. The topological polar surface area (TPSA) is 79.3 Å². The Morgan fingerprint density at radius 1 is 1.43 bits per heavy atom. The third-order valence-electron chi connectivity index (χ3n) is 3.04. The molecule has 3 N–H and O–H groups in total. The molecule has 116 valence electrons. The van der Waals surface area contributed by atoms with Gasteiger partial charge in [0.25, 0.3) is 0 Å². The second-order valence-corrected chi connectivity index (χ2v) is 6.05. The highest BCUT2D eigenvalue weighted by Crippen LogP contribution is 2.30. The van der Waals surface area contributed by atoms with Gasteiger partial charge in [-0.1, -0.05) is 0 Å². The minimum absolute atomic E-state index is 0.0211. The molecule has 1 atom stereocenters. The van der Waals surface area contributed by atoms with E-state index < -0.39 is 0 Å². The van der Waals surface area contributed by atoms with E-state index in [9.17, 15) is 0 Å². The summed E-state index contributed by atoms with van der Waals surface area (Å²) in [5.41, 5.74) is 0. The van der Waals surface area contributed by atoms with Crippen molar-refractivity contribution in [3.05, 3.63) is 10.9 Å². The van der Waals surface area contributed by atoms with E-state index in [1.807, 2.05) is 6.92 Å². The number of nitrogens with zero attached hydrogens (tertiary/aromatic N) is 2. The van der Waals surface area contributed by atoms with Crippen LogP contribution in [-0.2, 0) is 4.74 Å². The molecule has 0 saturated heterocycles. The lowest BCUT2D eigenvalue weighted by atomic mass is 10.2. The molecule has 0 fully saturated rings. The number of ether oxygens (including phenoxy) is 1. The van der Waals surface area contributed by atoms with Gasteiger partial charge < -0.3 is 20.5 Å². The molecule has 0 saturated carbocycles. The molecule has 1 unspecified atom stereocenters. The highest BCUT2D eigenvalue weighted by Gasteiger charge is 2.14. The summed E-state index contributed by atoms with van der Waals surface area (Å²) in [6.45, 7) is 5.47. The molecular weight excluding hydrogens is 288 g/mol. The van der Waals surface area contributed by atoms with Crippen molar-refractivity contribution in [1.29, 1.82) is 0 Å². The number of aromatic nitrogens is 2. The van der Waals surface area contributed by atoms with E-state index in [2.05, 4.69) is 33.6 Å². The maximum absolute atomic E-state index is 9.16. The SMILES string of the molecule is CCNc1nc(NC(CCO)COC)c2cc(C)sc2n1. The fraction of sp³-hybridized carbons (Fsp3) is 0.571. The van der Waals surface area contributed by atoms with Gasteiger partial charge in [-0.3, -0.25) is 0 Å². The molecule has 0 spiro atoms. The first kappa shape index (κ1) is 15.9. The molecule has 7 heteroatoms. The molecule has 6 nitrogen and oxygen atoms in total. The molecule has 0 aliphatic carbocycles. The number of anilines is 2. The van der Waals surface area contributed by atoms with Crippen LogP contribution in [0.5, 0.6) is 0 Å². The lowest BCUT2D eigenvalue weighted by Crippen LogP contribution is -2.27. The van der Waals surface area contributed by atoms with Crippen LogP contribution in [0.4, 0.5) is 11.8 Å². The van der Waals surface area contributed by atoms with Gasteiger partial charge in [0.2, 0.25) is 5.95 Å². The monoisotopic (exact) mass is 310 g/mol. The number of rotatable bonds is 8. The van der Waals surface area contributed by atoms with Gasteiger partial charge in [-0.05, 0) is 26.3 Å². The van der Waals surface area contributed by atoms with Crippen LogP contribution in [0.25, 0.3) is 10.2 Å². The molecule has 2 aromatic rings. The number of aryl methyl sites for hydroxylation is 1. The van der Waals surface area contributed by atoms with Crippen LogP contribution in [0.2, 0.25) is 0 Å². The maximum atomic E-state index is 9.16. The summed E-state index contributed by atoms with van der Waals surface area (Å²) in [4.78, 5) is 11.2. The summed E-state index contributed by atoms with van der Waals surface area (Å²) in [5, 5.41) is 16.7. The zero-order valence-corrected chi connectivity index (χ0v) is 13.5. The molecule has 0 aromatic carbocycles. The van der Waals surface area contributed by atoms with E-state index in [1.54, 1.807) is 18.4 Å². The summed E-state index contributed by atoms with van der Waals surface area (Å²) in [7, 11) is 1.65. The zero-order valence-electron chi connectivity index (χ0n) is 12.6. The Morgan fingerprint density at radius 2 is 2.24 bits per heavy atom. The Balaban J connectivity index is 2.34. The Hall–Kier alpha value is -1.44. The van der Waals surface area contributed by atoms with Crippen LogP contribution < -0.4 is 10.6 Å². The standard InChI is InChI=1S/C14H22N4O2S/c1-4-15-14-17-12(16-10(5-6-19)8-20-3)11-7-9(2)21-13(11)18-14/h7,10,19H,4-6,8H2,1-3H3,(H2,15,16,17,18). The third-order valence-corrected chi connectivity index (χ3v) is 3.98. The van der Waals surface area contributed by atoms with E-state index >= 15 is 0 Å². The zero-order chi connectivity index (χ0) is 15.2. The minimum Gasteiger partial charge on any atom is -0.396 e. The quantitative estimate of drug-likeness (QED) is 0.694. The first-order valence-electron chi connectivity index (χ1n) is 7.06. The number of hydrogen-bond acceptors (Lipinski definition) is 7. The molecule has 21 heavy (non-hydrogen) atoms. The van der Waals surface area contributed by atoms with Crippen LogP contribution in [0.1, 0.15) is 18.2 Å². The lowest BCUT2D eigenvalue weighted by molar-refractivity contribution is 0.170. The molecule has 2 rings (SSSR count). The number of thiophene rings is 1. The first-order chi connectivity index (χ1) is 10.2. The number of aliphatic hydroxyl groups is 1. The van der Waals surface area contributed by atoms with Gasteiger partial charge in [-0.15, -0.1) is 11.3 Å². The van der Waals surface area contributed by atoms with Crippen LogP contribution in [0.15, 0.2) is 6.07 Å². The van der Waals surface area contributed by atoms with Gasteiger partial charge in [0.05, 0.1) is 18.0 Å². The molecule has 0 bridgehead atoms. The fourth-order valence-electron chi connectivity index (χ4n) is 2.14. The van der Waals surface area contributed by atoms with Gasteiger partial charge in [0, 0.05) is 25.1 Å². The second-order valence-electron chi connectivity index (χ2n) is 4.81. The van der Waals surface area contributed by atoms with Crippen LogP contribution in [0, 0.1) is 6.92 Å². The van der Waals surface area contributed by atoms with Gasteiger partial charge in [-0.25, -0.2) is 4.98 Å². The largest absolute Gasteiger partial charge is 0.396 e. The van der Waals surface area contributed by atoms with Crippen molar-refractivity contribution in [3.8, 4) is 0 Å². The lowest BCUT2D eigenvalue weighted by Gasteiger charge is -2.18. The number of aliphatic hydroxyl groups excluding tert-OH is 1. The van der Waals surface area contributed by atoms with E-state index in [0.717, 1.165) is 22.6 Å². The van der Waals surface area contributed by atoms with Crippen LogP contribution in [0.3, 0.4) is 0 Å². The van der Waals surface area contributed by atoms with Crippen molar-refractivity contribution in [2.75, 3.05) is 37.5 Å². The summed E-state index contributed by atoms with van der Waals surface area (Å²) in [6, 6.07) is 2.11. The summed E-state index contributed by atoms with van der Waals surface area (Å²) in [6.07, 6.45) is 0.610. The van der Waals surface area contributed by atoms with E-state index in [4.69, 9.17) is 9.84 Å². The average molecular weight is 310 g/mol. The molecule has 2 heterocycles. The van der Waals surface area contributed by atoms with Crippen molar-refractivity contribution in [2.24, 2.45) is 0 Å². The Morgan fingerprint density at radius 3 is 2.90 bits per heavy atom. The van der Waals surface area contributed by atoms with Crippen molar-refractivity contribution in [3.63, 3.8) is 0 Å². The summed E-state index contributed by atoms with van der Waals surface area (Å²) >= 11 is 1.65. The van der Waals surface area contributed by atoms with Crippen LogP contribution in [-0.4, -0.2) is 48.0 Å². The van der Waals surface area contributed by atoms with Gasteiger partial charge in [0.1, 0.15) is 10.6 Å². The fourth-order valence-corrected chi connectivity index (χ4v) is 3.02. The molecule has 0 aliphatic heterocycles. The third kappa shape index (κ3) is 4.03. The summed E-state index contributed by atoms with van der Waals surface area (Å²) < 4.78 is 5.19. The highest BCUT2D eigenvalue weighted by atomic mass is 32.1. The van der Waals surface area contributed by atoms with Crippen molar-refractivity contribution < 1.29 is 9.84 Å². The van der Waals surface area contributed by atoms with Gasteiger partial charge in [0.15, 0.2) is 0 Å². The Bertz CT molecular complexity index is 582. The Kier molecular flexibility index (Phi) is 5.72. The van der Waals surface area contributed by atoms with Gasteiger partial charge >= 0.3 is 0 Å². The van der Waals surface area contributed by atoms with E-state index in [0.29, 0.717) is 19.0 Å². The van der Waals surface area contributed by atoms with Crippen LogP contribution >= 0.6 is 11.3 Å². The van der Waals surface area contributed by atoms with Gasteiger partial charge in [-0.2, -0.15) is 4.98 Å². The predicted octanol–water partition coefficient (Wildman–Crippen LogP) is 2.24. The van der Waals surface area contributed by atoms with E-state index in [1.165, 1.54) is 4.88 Å². The number of nitrogens with one attached hydrogen (secondary N) is 2. The van der Waals surface area contributed by atoms with Crippen molar-refractivity contribution in [2.45, 2.75) is 26.3 Å². The Labute approximate surface area is 128 Å². The normalized spacial score (nSPS) is 12.6. The van der Waals surface area contributed by atoms with E-state index in [-0.39, 0.29) is 12.6 Å². The minimum atomic E-state index is 0.0211. The highest BCUT2D eigenvalue weighted by molar-refractivity contribution is 7.18. The second kappa shape index (κ2) is 7.53. The molecule has 0 aliphatic rings. The summed E-state index contributed by atoms with van der Waals surface area (Å²) in [5.74, 6) is 1.41. The number of hydrogen-bond donors (Lipinski definition) is 3. The molecule has 0 amide bonds. The first-order valence-corrected chi connectivity index (χ1v) is 7.88. The predicted molar refractivity (Wildman–Crippen MR) is 87.3 cm³/mol. The molecule has 2 aromatic heterocycles. The van der Waals surface area contributed by atoms with Crippen molar-refractivity contribution >= 4 is 33.3 Å². The van der Waals surface area contributed by atoms with Crippen molar-refractivity contribution in [1.82, 2.24) is 9.97 Å². The smallest absolute Gasteiger partial charge is 0.226 e. The number of methoxy groups -OCH3 is 1. The average Bonchev–Trinajstić information content (AvgIpc) is 2.80. The maximum Gasteiger partial charge on any atom is 0.226 e. The molecule has 0 radical (unpaired) electrons. The number of fused-ring (bicyclic) bond motifs is 1.